The first kappa shape index (κ1) is 28.3. The highest BCUT2D eigenvalue weighted by Gasteiger charge is 2.32. The molecular formula is C26H27Cl2N3O5S. The van der Waals surface area contributed by atoms with Crippen LogP contribution in [0.4, 0.5) is 5.69 Å². The van der Waals surface area contributed by atoms with Crippen LogP contribution in [0.3, 0.4) is 0 Å². The molecule has 196 valence electrons. The monoisotopic (exact) mass is 563 g/mol. The summed E-state index contributed by atoms with van der Waals surface area (Å²) >= 11 is 12.3. The van der Waals surface area contributed by atoms with Crippen LogP contribution in [-0.2, 0) is 26.2 Å². The Hall–Kier alpha value is -3.27. The fraction of sp³-hybridized carbons (Fsp3) is 0.231. The fourth-order valence-electron chi connectivity index (χ4n) is 3.62. The van der Waals surface area contributed by atoms with Gasteiger partial charge in [-0.25, -0.2) is 8.42 Å². The number of rotatable bonds is 10. The molecule has 0 saturated heterocycles. The molecule has 0 saturated carbocycles. The molecular weight excluding hydrogens is 537 g/mol. The van der Waals surface area contributed by atoms with Crippen LogP contribution < -0.4 is 14.4 Å². The highest BCUT2D eigenvalue weighted by molar-refractivity contribution is 7.92. The van der Waals surface area contributed by atoms with Gasteiger partial charge in [0.2, 0.25) is 11.8 Å². The molecule has 0 heterocycles. The first-order valence-electron chi connectivity index (χ1n) is 11.2. The summed E-state index contributed by atoms with van der Waals surface area (Å²) in [6.45, 7) is 0.977. The van der Waals surface area contributed by atoms with Crippen LogP contribution in [0.2, 0.25) is 10.0 Å². The Bertz CT molecular complexity index is 1350. The fourth-order valence-corrected chi connectivity index (χ4v) is 5.51. The highest BCUT2D eigenvalue weighted by atomic mass is 35.5. The van der Waals surface area contributed by atoms with E-state index in [0.717, 1.165) is 4.31 Å². The van der Waals surface area contributed by atoms with Crippen LogP contribution in [0.25, 0.3) is 0 Å². The molecule has 0 aliphatic rings. The second kappa shape index (κ2) is 12.3. The van der Waals surface area contributed by atoms with Crippen molar-refractivity contribution in [3.8, 4) is 5.75 Å². The van der Waals surface area contributed by atoms with Gasteiger partial charge in [-0.2, -0.15) is 0 Å². The first-order valence-corrected chi connectivity index (χ1v) is 13.4. The molecule has 2 amide bonds. The Morgan fingerprint density at radius 3 is 2.22 bits per heavy atom. The molecule has 0 aliphatic carbocycles. The Morgan fingerprint density at radius 1 is 1.00 bits per heavy atom. The summed E-state index contributed by atoms with van der Waals surface area (Å²) in [6, 6.07) is 18.1. The Labute approximate surface area is 226 Å². The van der Waals surface area contributed by atoms with Crippen molar-refractivity contribution in [2.24, 2.45) is 0 Å². The average Bonchev–Trinajstić information content (AvgIpc) is 2.90. The van der Waals surface area contributed by atoms with E-state index in [9.17, 15) is 18.0 Å². The first-order chi connectivity index (χ1) is 17.6. The predicted molar refractivity (Wildman–Crippen MR) is 145 cm³/mol. The van der Waals surface area contributed by atoms with Gasteiger partial charge in [-0.3, -0.25) is 13.9 Å². The summed E-state index contributed by atoms with van der Waals surface area (Å²) < 4.78 is 33.5. The van der Waals surface area contributed by atoms with Crippen molar-refractivity contribution in [1.29, 1.82) is 0 Å². The number of para-hydroxylation sites is 1. The lowest BCUT2D eigenvalue weighted by Gasteiger charge is -2.32. The number of amides is 2. The Balaban J connectivity index is 2.02. The van der Waals surface area contributed by atoms with Crippen LogP contribution in [0.5, 0.6) is 5.75 Å². The normalized spacial score (nSPS) is 11.9. The molecule has 3 rings (SSSR count). The molecule has 1 unspecified atom stereocenters. The lowest BCUT2D eigenvalue weighted by Crippen LogP contribution is -2.50. The number of likely N-dealkylation sites (N-methyl/N-ethyl adjacent to an activating group) is 1. The summed E-state index contributed by atoms with van der Waals surface area (Å²) in [5.74, 6) is -0.516. The van der Waals surface area contributed by atoms with E-state index >= 15 is 0 Å². The largest absolute Gasteiger partial charge is 0.497 e. The number of hydrogen-bond acceptors (Lipinski definition) is 5. The Kier molecular flexibility index (Phi) is 9.42. The van der Waals surface area contributed by atoms with E-state index in [-0.39, 0.29) is 11.4 Å². The maximum Gasteiger partial charge on any atom is 0.264 e. The molecule has 0 aromatic heterocycles. The molecule has 3 aromatic rings. The molecule has 37 heavy (non-hydrogen) atoms. The van der Waals surface area contributed by atoms with Crippen LogP contribution in [0.1, 0.15) is 12.5 Å². The predicted octanol–water partition coefficient (Wildman–Crippen LogP) is 4.36. The second-order valence-electron chi connectivity index (χ2n) is 8.07. The van der Waals surface area contributed by atoms with Crippen molar-refractivity contribution in [3.63, 3.8) is 0 Å². The summed E-state index contributed by atoms with van der Waals surface area (Å²) in [5, 5.41) is 3.27. The zero-order chi connectivity index (χ0) is 27.2. The summed E-state index contributed by atoms with van der Waals surface area (Å²) in [6.07, 6.45) is 0. The molecule has 0 bridgehead atoms. The smallest absolute Gasteiger partial charge is 0.264 e. The zero-order valence-electron chi connectivity index (χ0n) is 20.5. The van der Waals surface area contributed by atoms with E-state index in [0.29, 0.717) is 27.0 Å². The number of hydrogen-bond donors (Lipinski definition) is 1. The summed E-state index contributed by atoms with van der Waals surface area (Å²) in [4.78, 5) is 27.5. The average molecular weight is 564 g/mol. The molecule has 0 radical (unpaired) electrons. The number of nitrogens with one attached hydrogen (secondary N) is 1. The number of methoxy groups -OCH3 is 1. The van der Waals surface area contributed by atoms with Gasteiger partial charge in [0.05, 0.1) is 17.7 Å². The van der Waals surface area contributed by atoms with Gasteiger partial charge in [-0.05, 0) is 61.0 Å². The van der Waals surface area contributed by atoms with Crippen LogP contribution >= 0.6 is 23.2 Å². The van der Waals surface area contributed by atoms with Crippen molar-refractivity contribution in [2.75, 3.05) is 25.0 Å². The van der Waals surface area contributed by atoms with Crippen molar-refractivity contribution < 1.29 is 22.7 Å². The van der Waals surface area contributed by atoms with E-state index in [1.165, 1.54) is 49.4 Å². The molecule has 0 fully saturated rings. The summed E-state index contributed by atoms with van der Waals surface area (Å²) in [5.41, 5.74) is 0.850. The maximum absolute atomic E-state index is 13.7. The topological polar surface area (TPSA) is 96.0 Å². The van der Waals surface area contributed by atoms with E-state index in [4.69, 9.17) is 27.9 Å². The number of carbonyl (C=O) groups excluding carboxylic acids is 2. The van der Waals surface area contributed by atoms with Crippen LogP contribution in [-0.4, -0.2) is 51.9 Å². The van der Waals surface area contributed by atoms with Gasteiger partial charge < -0.3 is 15.0 Å². The number of ether oxygens (including phenoxy) is 1. The number of halogens is 2. The summed E-state index contributed by atoms with van der Waals surface area (Å²) in [7, 11) is -1.22. The molecule has 8 nitrogen and oxygen atoms in total. The van der Waals surface area contributed by atoms with E-state index in [2.05, 4.69) is 5.32 Å². The molecule has 11 heteroatoms. The van der Waals surface area contributed by atoms with Gasteiger partial charge in [-0.1, -0.05) is 47.5 Å². The maximum atomic E-state index is 13.7. The minimum Gasteiger partial charge on any atom is -0.497 e. The standard InChI is InChI=1S/C26H27Cl2N3O5S/c1-18(26(33)29-2)30(16-19-9-10-20(27)15-24(19)28)25(32)17-31(21-7-5-4-6-8-21)37(34,35)23-13-11-22(36-3)12-14-23/h4-15,18H,16-17H2,1-3H3,(H,29,33). The van der Waals surface area contributed by atoms with Gasteiger partial charge in [0.1, 0.15) is 18.3 Å². The SMILES string of the molecule is CNC(=O)C(C)N(Cc1ccc(Cl)cc1Cl)C(=O)CN(c1ccccc1)S(=O)(=O)c1ccc(OC)cc1. The van der Waals surface area contributed by atoms with Gasteiger partial charge >= 0.3 is 0 Å². The second-order valence-corrected chi connectivity index (χ2v) is 10.8. The van der Waals surface area contributed by atoms with E-state index in [1.807, 2.05) is 0 Å². The lowest BCUT2D eigenvalue weighted by atomic mass is 10.1. The van der Waals surface area contributed by atoms with Crippen molar-refractivity contribution in [2.45, 2.75) is 24.4 Å². The number of benzene rings is 3. The Morgan fingerprint density at radius 2 is 1.65 bits per heavy atom. The minimum atomic E-state index is -4.16. The van der Waals surface area contributed by atoms with Gasteiger partial charge in [0, 0.05) is 23.6 Å². The van der Waals surface area contributed by atoms with Crippen molar-refractivity contribution >= 4 is 50.7 Å². The third-order valence-electron chi connectivity index (χ3n) is 5.74. The minimum absolute atomic E-state index is 0.0170. The molecule has 3 aromatic carbocycles. The highest BCUT2D eigenvalue weighted by Crippen LogP contribution is 2.27. The van der Waals surface area contributed by atoms with Crippen LogP contribution in [0, 0.1) is 0 Å². The van der Waals surface area contributed by atoms with Crippen LogP contribution in [0.15, 0.2) is 77.7 Å². The molecule has 0 spiro atoms. The number of anilines is 1. The number of sulfonamides is 1. The van der Waals surface area contributed by atoms with Crippen molar-refractivity contribution in [3.05, 3.63) is 88.4 Å². The third-order valence-corrected chi connectivity index (χ3v) is 8.11. The molecule has 1 N–H and O–H groups in total. The molecule has 0 aliphatic heterocycles. The zero-order valence-corrected chi connectivity index (χ0v) is 22.8. The number of carbonyl (C=O) groups is 2. The molecule has 1 atom stereocenters. The van der Waals surface area contributed by atoms with Gasteiger partial charge in [0.25, 0.3) is 10.0 Å². The van der Waals surface area contributed by atoms with Crippen molar-refractivity contribution in [1.82, 2.24) is 10.2 Å². The van der Waals surface area contributed by atoms with Gasteiger partial charge in [0.15, 0.2) is 0 Å². The van der Waals surface area contributed by atoms with Gasteiger partial charge in [-0.15, -0.1) is 0 Å². The lowest BCUT2D eigenvalue weighted by molar-refractivity contribution is -0.139. The van der Waals surface area contributed by atoms with E-state index in [1.54, 1.807) is 49.4 Å². The quantitative estimate of drug-likeness (QED) is 0.395. The van der Waals surface area contributed by atoms with E-state index < -0.39 is 34.4 Å². The number of nitrogens with zero attached hydrogens (tertiary/aromatic N) is 2. The third kappa shape index (κ3) is 6.74.